The highest BCUT2D eigenvalue weighted by molar-refractivity contribution is 6.01. The smallest absolute Gasteiger partial charge is 0.329 e. The molecule has 2 amide bonds. The van der Waals surface area contributed by atoms with Gasteiger partial charge in [0.05, 0.1) is 11.6 Å². The van der Waals surface area contributed by atoms with Crippen LogP contribution in [0.4, 0.5) is 14.5 Å². The van der Waals surface area contributed by atoms with Gasteiger partial charge in [0, 0.05) is 19.0 Å². The molecule has 1 aromatic rings. The van der Waals surface area contributed by atoms with Gasteiger partial charge in [-0.1, -0.05) is 0 Å². The van der Waals surface area contributed by atoms with E-state index in [-0.39, 0.29) is 24.6 Å². The second-order valence-electron chi connectivity index (χ2n) is 6.77. The minimum atomic E-state index is -1.37. The summed E-state index contributed by atoms with van der Waals surface area (Å²) < 4.78 is 26.9. The maximum Gasteiger partial charge on any atom is 0.329 e. The lowest BCUT2D eigenvalue weighted by atomic mass is 9.94. The van der Waals surface area contributed by atoms with Gasteiger partial charge in [-0.15, -0.1) is 0 Å². The van der Waals surface area contributed by atoms with Crippen molar-refractivity contribution in [3.63, 3.8) is 0 Å². The fraction of sp³-hybridized carbons (Fsp3) is 0.471. The van der Waals surface area contributed by atoms with Crippen LogP contribution in [0.3, 0.4) is 0 Å². The molecule has 0 spiro atoms. The highest BCUT2D eigenvalue weighted by Crippen LogP contribution is 2.40. The zero-order chi connectivity index (χ0) is 18.4. The van der Waals surface area contributed by atoms with Gasteiger partial charge < -0.3 is 15.3 Å². The summed E-state index contributed by atoms with van der Waals surface area (Å²) in [6, 6.07) is 2.85. The molecule has 2 N–H and O–H groups in total. The third-order valence-electron chi connectivity index (χ3n) is 4.92. The first kappa shape index (κ1) is 17.3. The molecule has 1 saturated carbocycles. The van der Waals surface area contributed by atoms with Crippen LogP contribution in [-0.4, -0.2) is 35.0 Å². The molecule has 1 aliphatic heterocycles. The van der Waals surface area contributed by atoms with Crippen molar-refractivity contribution in [1.82, 2.24) is 5.32 Å². The van der Waals surface area contributed by atoms with E-state index in [1.807, 2.05) is 0 Å². The largest absolute Gasteiger partial charge is 0.480 e. The lowest BCUT2D eigenvalue weighted by Gasteiger charge is -2.27. The van der Waals surface area contributed by atoms with E-state index in [9.17, 15) is 28.3 Å². The van der Waals surface area contributed by atoms with Crippen LogP contribution in [0.15, 0.2) is 18.2 Å². The number of nitrogens with zero attached hydrogens (tertiary/aromatic N) is 1. The number of hydrogen-bond donors (Lipinski definition) is 2. The number of hydrogen-bond acceptors (Lipinski definition) is 3. The molecular weight excluding hydrogens is 334 g/mol. The molecule has 3 rings (SSSR count). The summed E-state index contributed by atoms with van der Waals surface area (Å²) >= 11 is 0. The summed E-state index contributed by atoms with van der Waals surface area (Å²) in [5.41, 5.74) is -1.46. The summed E-state index contributed by atoms with van der Waals surface area (Å²) in [6.45, 7) is 1.38. The van der Waals surface area contributed by atoms with Crippen LogP contribution in [0.5, 0.6) is 0 Å². The quantitative estimate of drug-likeness (QED) is 0.844. The average Bonchev–Trinajstić information content (AvgIpc) is 3.31. The molecule has 1 saturated heterocycles. The van der Waals surface area contributed by atoms with Crippen molar-refractivity contribution in [2.45, 2.75) is 31.7 Å². The summed E-state index contributed by atoms with van der Waals surface area (Å²) in [7, 11) is 0. The number of aliphatic carboxylic acids is 1. The van der Waals surface area contributed by atoms with Crippen molar-refractivity contribution in [2.24, 2.45) is 11.8 Å². The minimum Gasteiger partial charge on any atom is -0.480 e. The molecule has 2 fully saturated rings. The second-order valence-corrected chi connectivity index (χ2v) is 6.77. The van der Waals surface area contributed by atoms with Gasteiger partial charge in [-0.3, -0.25) is 9.59 Å². The van der Waals surface area contributed by atoms with Crippen LogP contribution in [0.25, 0.3) is 0 Å². The van der Waals surface area contributed by atoms with Crippen molar-refractivity contribution in [2.75, 3.05) is 11.4 Å². The van der Waals surface area contributed by atoms with E-state index < -0.39 is 40.9 Å². The Balaban J connectivity index is 1.73. The first-order valence-electron chi connectivity index (χ1n) is 8.03. The number of carboxylic acids is 1. The minimum absolute atomic E-state index is 0.0758. The number of amides is 2. The third-order valence-corrected chi connectivity index (χ3v) is 4.92. The monoisotopic (exact) mass is 352 g/mol. The zero-order valence-electron chi connectivity index (χ0n) is 13.6. The average molecular weight is 352 g/mol. The Morgan fingerprint density at radius 3 is 2.56 bits per heavy atom. The van der Waals surface area contributed by atoms with Crippen LogP contribution < -0.4 is 10.2 Å². The molecule has 1 heterocycles. The van der Waals surface area contributed by atoms with Crippen molar-refractivity contribution in [3.05, 3.63) is 29.8 Å². The fourth-order valence-electron chi connectivity index (χ4n) is 3.17. The van der Waals surface area contributed by atoms with Gasteiger partial charge >= 0.3 is 5.97 Å². The van der Waals surface area contributed by atoms with E-state index in [4.69, 9.17) is 0 Å². The highest BCUT2D eigenvalue weighted by Gasteiger charge is 2.50. The highest BCUT2D eigenvalue weighted by atomic mass is 19.1. The molecule has 134 valence electrons. The van der Waals surface area contributed by atoms with E-state index in [1.54, 1.807) is 0 Å². The first-order valence-corrected chi connectivity index (χ1v) is 8.03. The van der Waals surface area contributed by atoms with Gasteiger partial charge in [-0.2, -0.15) is 0 Å². The maximum atomic E-state index is 13.9. The number of benzene rings is 1. The number of anilines is 1. The van der Waals surface area contributed by atoms with Crippen molar-refractivity contribution >= 4 is 23.5 Å². The maximum absolute atomic E-state index is 13.9. The van der Waals surface area contributed by atoms with E-state index in [0.29, 0.717) is 6.07 Å². The number of rotatable bonds is 5. The van der Waals surface area contributed by atoms with Gasteiger partial charge in [-0.25, -0.2) is 13.6 Å². The Bertz CT molecular complexity index is 750. The van der Waals surface area contributed by atoms with Gasteiger partial charge in [-0.05, 0) is 37.8 Å². The fourth-order valence-corrected chi connectivity index (χ4v) is 3.17. The van der Waals surface area contributed by atoms with Crippen LogP contribution in [0.2, 0.25) is 0 Å². The molecule has 0 radical (unpaired) electrons. The molecule has 2 atom stereocenters. The van der Waals surface area contributed by atoms with Crippen LogP contribution in [-0.2, 0) is 14.4 Å². The Morgan fingerprint density at radius 1 is 1.32 bits per heavy atom. The summed E-state index contributed by atoms with van der Waals surface area (Å²) in [5.74, 6) is -4.68. The molecule has 0 unspecified atom stereocenters. The number of halogens is 2. The number of carboxylic acid groups (broad SMARTS) is 1. The van der Waals surface area contributed by atoms with E-state index in [2.05, 4.69) is 5.32 Å². The van der Waals surface area contributed by atoms with Crippen LogP contribution >= 0.6 is 0 Å². The molecule has 0 bridgehead atoms. The summed E-state index contributed by atoms with van der Waals surface area (Å²) in [6.07, 6.45) is 1.29. The molecule has 6 nitrogen and oxygen atoms in total. The first-order chi connectivity index (χ1) is 11.7. The van der Waals surface area contributed by atoms with Crippen molar-refractivity contribution in [3.8, 4) is 0 Å². The molecular formula is C17H18F2N2O4. The van der Waals surface area contributed by atoms with E-state index in [0.717, 1.165) is 29.9 Å². The Hall–Kier alpha value is -2.51. The Labute approximate surface area is 142 Å². The molecule has 1 aromatic carbocycles. The van der Waals surface area contributed by atoms with Gasteiger partial charge in [0.25, 0.3) is 0 Å². The SMILES string of the molecule is C[C@@](NC(=O)[C@@H]1CC(=O)N(c2ccc(F)cc2F)C1)(C(=O)O)C1CC1. The number of carbonyl (C=O) groups is 3. The van der Waals surface area contributed by atoms with E-state index in [1.165, 1.54) is 6.92 Å². The molecule has 25 heavy (non-hydrogen) atoms. The Kier molecular flexibility index (Phi) is 4.22. The Morgan fingerprint density at radius 2 is 2.00 bits per heavy atom. The van der Waals surface area contributed by atoms with E-state index >= 15 is 0 Å². The number of nitrogens with one attached hydrogen (secondary N) is 1. The zero-order valence-corrected chi connectivity index (χ0v) is 13.6. The predicted octanol–water partition coefficient (Wildman–Crippen LogP) is 1.69. The van der Waals surface area contributed by atoms with Gasteiger partial charge in [0.15, 0.2) is 0 Å². The van der Waals surface area contributed by atoms with Gasteiger partial charge in [0.2, 0.25) is 11.8 Å². The van der Waals surface area contributed by atoms with Crippen molar-refractivity contribution < 1.29 is 28.3 Å². The predicted molar refractivity (Wildman–Crippen MR) is 83.7 cm³/mol. The summed E-state index contributed by atoms with van der Waals surface area (Å²) in [5, 5.41) is 11.9. The lowest BCUT2D eigenvalue weighted by molar-refractivity contribution is -0.148. The third kappa shape index (κ3) is 3.20. The van der Waals surface area contributed by atoms with Crippen molar-refractivity contribution in [1.29, 1.82) is 0 Å². The lowest BCUT2D eigenvalue weighted by Crippen LogP contribution is -2.55. The normalized spacial score (nSPS) is 22.6. The van der Waals surface area contributed by atoms with Crippen LogP contribution in [0.1, 0.15) is 26.2 Å². The second kappa shape index (κ2) is 6.09. The summed E-state index contributed by atoms with van der Waals surface area (Å²) in [4.78, 5) is 37.2. The molecule has 1 aliphatic carbocycles. The topological polar surface area (TPSA) is 86.7 Å². The van der Waals surface area contributed by atoms with Gasteiger partial charge in [0.1, 0.15) is 17.2 Å². The molecule has 0 aromatic heterocycles. The molecule has 8 heteroatoms. The van der Waals surface area contributed by atoms with Crippen LogP contribution in [0, 0.1) is 23.5 Å². The number of carbonyl (C=O) groups excluding carboxylic acids is 2. The molecule has 2 aliphatic rings. The standard InChI is InChI=1S/C17H18F2N2O4/c1-17(16(24)25,10-2-3-10)20-15(23)9-6-14(22)21(8-9)13-5-4-11(18)7-12(13)19/h4-5,7,9-10H,2-3,6,8H2,1H3,(H,20,23)(H,24,25)/t9-,17+/m1/s1.